The van der Waals surface area contributed by atoms with Crippen molar-refractivity contribution in [3.8, 4) is 0 Å². The van der Waals surface area contributed by atoms with Gasteiger partial charge < -0.3 is 0 Å². The molecule has 0 radical (unpaired) electrons. The minimum absolute atomic E-state index is 0.199. The van der Waals surface area contributed by atoms with Gasteiger partial charge in [-0.05, 0) is 35.2 Å². The Morgan fingerprint density at radius 2 is 1.72 bits per heavy atom. The van der Waals surface area contributed by atoms with Crippen molar-refractivity contribution in [1.82, 2.24) is 4.41 Å². The van der Waals surface area contributed by atoms with Crippen LogP contribution in [0, 0.1) is 5.82 Å². The molecule has 0 spiro atoms. The van der Waals surface area contributed by atoms with Crippen molar-refractivity contribution < 1.29 is 4.39 Å². The molecule has 0 bridgehead atoms. The second-order valence-corrected chi connectivity index (χ2v) is 6.85. The van der Waals surface area contributed by atoms with Crippen LogP contribution in [-0.2, 0) is 12.3 Å². The van der Waals surface area contributed by atoms with Gasteiger partial charge in [-0.25, -0.2) is 8.80 Å². The van der Waals surface area contributed by atoms with Crippen LogP contribution in [0.4, 0.5) is 4.39 Å². The van der Waals surface area contributed by atoms with Crippen molar-refractivity contribution in [3.05, 3.63) is 107 Å². The van der Waals surface area contributed by atoms with E-state index in [4.69, 9.17) is 5.10 Å². The van der Waals surface area contributed by atoms with E-state index < -0.39 is 0 Å². The maximum atomic E-state index is 13.4. The summed E-state index contributed by atoms with van der Waals surface area (Å²) in [6, 6.07) is 25.3. The third-order valence-electron chi connectivity index (χ3n) is 4.11. The van der Waals surface area contributed by atoms with Gasteiger partial charge in [0.25, 0.3) is 0 Å². The van der Waals surface area contributed by atoms with Crippen LogP contribution >= 0.6 is 11.9 Å². The zero-order chi connectivity index (χ0) is 17.1. The third kappa shape index (κ3) is 3.59. The van der Waals surface area contributed by atoms with Crippen LogP contribution in [0.2, 0.25) is 0 Å². The molecule has 0 fully saturated rings. The van der Waals surface area contributed by atoms with Crippen LogP contribution in [0.1, 0.15) is 22.3 Å². The molecule has 25 heavy (non-hydrogen) atoms. The predicted molar refractivity (Wildman–Crippen MR) is 102 cm³/mol. The number of fused-ring (bicyclic) bond motifs is 1. The zero-order valence-corrected chi connectivity index (χ0v) is 14.4. The minimum atomic E-state index is -0.199. The number of hydrogen-bond donors (Lipinski definition) is 0. The topological polar surface area (TPSA) is 15.6 Å². The number of hydrogen-bond acceptors (Lipinski definition) is 3. The van der Waals surface area contributed by atoms with Crippen molar-refractivity contribution in [2.24, 2.45) is 5.10 Å². The first-order valence-electron chi connectivity index (χ1n) is 8.17. The number of halogens is 1. The van der Waals surface area contributed by atoms with Gasteiger partial charge in [-0.1, -0.05) is 66.7 Å². The van der Waals surface area contributed by atoms with E-state index in [0.717, 1.165) is 23.4 Å². The van der Waals surface area contributed by atoms with E-state index in [9.17, 15) is 4.39 Å². The summed E-state index contributed by atoms with van der Waals surface area (Å²) in [4.78, 5) is 0. The van der Waals surface area contributed by atoms with Gasteiger partial charge in [0.15, 0.2) is 0 Å². The molecule has 0 amide bonds. The second-order valence-electron chi connectivity index (χ2n) is 5.89. The Morgan fingerprint density at radius 1 is 0.920 bits per heavy atom. The lowest BCUT2D eigenvalue weighted by Gasteiger charge is -2.26. The molecule has 3 aromatic rings. The number of rotatable bonds is 4. The van der Waals surface area contributed by atoms with Gasteiger partial charge in [0.05, 0.1) is 12.3 Å². The van der Waals surface area contributed by atoms with Gasteiger partial charge in [-0.2, -0.15) is 5.10 Å². The number of hydrazone groups is 1. The summed E-state index contributed by atoms with van der Waals surface area (Å²) < 4.78 is 15.4. The highest BCUT2D eigenvalue weighted by Gasteiger charge is 2.20. The van der Waals surface area contributed by atoms with E-state index in [-0.39, 0.29) is 5.82 Å². The molecule has 0 aromatic heterocycles. The molecule has 0 N–H and O–H groups in total. The highest BCUT2D eigenvalue weighted by molar-refractivity contribution is 7.96. The van der Waals surface area contributed by atoms with Crippen molar-refractivity contribution in [2.45, 2.75) is 12.3 Å². The zero-order valence-electron chi connectivity index (χ0n) is 13.6. The predicted octanol–water partition coefficient (Wildman–Crippen LogP) is 5.24. The summed E-state index contributed by atoms with van der Waals surface area (Å²) in [7, 11) is 0. The van der Waals surface area contributed by atoms with E-state index in [0.29, 0.717) is 5.75 Å². The molecule has 1 aliphatic rings. The van der Waals surface area contributed by atoms with Crippen LogP contribution in [0.5, 0.6) is 0 Å². The van der Waals surface area contributed by atoms with Crippen molar-refractivity contribution in [1.29, 1.82) is 0 Å². The Morgan fingerprint density at radius 3 is 2.56 bits per heavy atom. The molecule has 0 unspecified atom stereocenters. The third-order valence-corrected chi connectivity index (χ3v) is 5.08. The fourth-order valence-corrected chi connectivity index (χ4v) is 3.74. The maximum absolute atomic E-state index is 13.4. The Bertz CT molecular complexity index is 909. The van der Waals surface area contributed by atoms with Gasteiger partial charge >= 0.3 is 0 Å². The standard InChI is InChI=1S/C21H17FN2S/c22-19-11-6-7-16(13-19)15-25-24-14-18-10-4-5-12-20(18)21(23-24)17-8-2-1-3-9-17/h1-13H,14-15H2. The maximum Gasteiger partial charge on any atom is 0.123 e. The summed E-state index contributed by atoms with van der Waals surface area (Å²) in [5, 5.41) is 4.85. The van der Waals surface area contributed by atoms with Gasteiger partial charge in [0.2, 0.25) is 0 Å². The Kier molecular flexibility index (Phi) is 4.53. The average molecular weight is 348 g/mol. The summed E-state index contributed by atoms with van der Waals surface area (Å²) in [5.41, 5.74) is 5.47. The lowest BCUT2D eigenvalue weighted by Crippen LogP contribution is -2.22. The van der Waals surface area contributed by atoms with Crippen molar-refractivity contribution in [3.63, 3.8) is 0 Å². The van der Waals surface area contributed by atoms with Crippen LogP contribution in [0.3, 0.4) is 0 Å². The van der Waals surface area contributed by atoms with Gasteiger partial charge in [-0.15, -0.1) is 0 Å². The first kappa shape index (κ1) is 15.9. The normalized spacial score (nSPS) is 13.3. The fourth-order valence-electron chi connectivity index (χ4n) is 2.90. The molecule has 124 valence electrons. The first-order chi connectivity index (χ1) is 12.3. The molecular weight excluding hydrogens is 331 g/mol. The van der Waals surface area contributed by atoms with Gasteiger partial charge in [0.1, 0.15) is 5.82 Å². The lowest BCUT2D eigenvalue weighted by atomic mass is 9.97. The number of nitrogens with zero attached hydrogens (tertiary/aromatic N) is 2. The highest BCUT2D eigenvalue weighted by Crippen LogP contribution is 2.28. The van der Waals surface area contributed by atoms with Gasteiger partial charge in [-0.3, -0.25) is 0 Å². The SMILES string of the molecule is Fc1cccc(CSN2Cc3ccccc3C(c3ccccc3)=N2)c1. The monoisotopic (exact) mass is 348 g/mol. The van der Waals surface area contributed by atoms with E-state index in [2.05, 4.69) is 30.3 Å². The van der Waals surface area contributed by atoms with Crippen LogP contribution in [-0.4, -0.2) is 10.1 Å². The summed E-state index contributed by atoms with van der Waals surface area (Å²) >= 11 is 1.60. The molecule has 0 aliphatic carbocycles. The summed E-state index contributed by atoms with van der Waals surface area (Å²) in [6.45, 7) is 0.743. The fraction of sp³-hybridized carbons (Fsp3) is 0.0952. The van der Waals surface area contributed by atoms with Crippen molar-refractivity contribution in [2.75, 3.05) is 0 Å². The Balaban J connectivity index is 1.61. The highest BCUT2D eigenvalue weighted by atomic mass is 32.2. The molecule has 1 aliphatic heterocycles. The molecule has 1 heterocycles. The summed E-state index contributed by atoms with van der Waals surface area (Å²) in [6.07, 6.45) is 0. The quantitative estimate of drug-likeness (QED) is 0.599. The van der Waals surface area contributed by atoms with Gasteiger partial charge in [0, 0.05) is 16.9 Å². The van der Waals surface area contributed by atoms with Crippen LogP contribution in [0.15, 0.2) is 84.0 Å². The minimum Gasteiger partial charge on any atom is -0.234 e. The first-order valence-corrected chi connectivity index (χ1v) is 9.11. The molecule has 3 aromatic carbocycles. The summed E-state index contributed by atoms with van der Waals surface area (Å²) in [5.74, 6) is 0.487. The lowest BCUT2D eigenvalue weighted by molar-refractivity contribution is 0.490. The van der Waals surface area contributed by atoms with Crippen LogP contribution < -0.4 is 0 Å². The Labute approximate surface area is 151 Å². The van der Waals surface area contributed by atoms with E-state index in [1.807, 2.05) is 34.7 Å². The largest absolute Gasteiger partial charge is 0.234 e. The smallest absolute Gasteiger partial charge is 0.123 e. The van der Waals surface area contributed by atoms with Crippen LogP contribution in [0.25, 0.3) is 0 Å². The average Bonchev–Trinajstić information content (AvgIpc) is 2.66. The molecule has 0 saturated heterocycles. The number of benzene rings is 3. The second kappa shape index (κ2) is 7.11. The molecule has 4 rings (SSSR count). The van der Waals surface area contributed by atoms with Crippen molar-refractivity contribution >= 4 is 17.7 Å². The van der Waals surface area contributed by atoms with E-state index in [1.165, 1.54) is 17.2 Å². The molecule has 2 nitrogen and oxygen atoms in total. The van der Waals surface area contributed by atoms with E-state index in [1.54, 1.807) is 24.1 Å². The molecule has 4 heteroatoms. The molecule has 0 atom stereocenters. The molecule has 0 saturated carbocycles. The molecular formula is C21H17FN2S. The Hall–Kier alpha value is -2.59. The van der Waals surface area contributed by atoms with E-state index >= 15 is 0 Å².